The van der Waals surface area contributed by atoms with Crippen LogP contribution in [0.1, 0.15) is 98.0 Å². The first-order valence-electron chi connectivity index (χ1n) is 17.6. The van der Waals surface area contributed by atoms with E-state index in [0.29, 0.717) is 23.0 Å². The van der Waals surface area contributed by atoms with Gasteiger partial charge < -0.3 is 36.4 Å². The molecule has 1 heterocycles. The zero-order valence-electron chi connectivity index (χ0n) is 29.7. The number of rotatable bonds is 7. The third-order valence-electron chi connectivity index (χ3n) is 10.0. The predicted octanol–water partition coefficient (Wildman–Crippen LogP) is 5.59. The summed E-state index contributed by atoms with van der Waals surface area (Å²) in [7, 11) is 0. The number of Topliss-reactive ketones (excluding diaryl/α,β-unsaturated/α-hetero) is 1. The first kappa shape index (κ1) is 37.9. The van der Waals surface area contributed by atoms with Crippen LogP contribution in [0.4, 0.5) is 21.9 Å². The highest BCUT2D eigenvalue weighted by Crippen LogP contribution is 2.37. The fraction of sp³-hybridized carbons (Fsp3) is 0.579. The Balaban J connectivity index is 0.000000592. The van der Waals surface area contributed by atoms with Crippen molar-refractivity contribution in [2.45, 2.75) is 122 Å². The van der Waals surface area contributed by atoms with E-state index in [0.717, 1.165) is 57.1 Å². The van der Waals surface area contributed by atoms with Crippen LogP contribution in [0.3, 0.4) is 0 Å². The van der Waals surface area contributed by atoms with E-state index in [1.54, 1.807) is 38.1 Å². The van der Waals surface area contributed by atoms with Crippen molar-refractivity contribution in [2.75, 3.05) is 28.2 Å². The quantitative estimate of drug-likeness (QED) is 0.253. The predicted molar refractivity (Wildman–Crippen MR) is 193 cm³/mol. The minimum absolute atomic E-state index is 0.0604. The molecule has 0 aromatic heterocycles. The Hall–Kier alpha value is -3.96. The smallest absolute Gasteiger partial charge is 0.319 e. The molecule has 11 nitrogen and oxygen atoms in total. The fourth-order valence-corrected chi connectivity index (χ4v) is 6.54. The van der Waals surface area contributed by atoms with E-state index in [4.69, 9.17) is 10.8 Å². The number of carboxylic acid groups (broad SMARTS) is 1. The van der Waals surface area contributed by atoms with Crippen LogP contribution in [0.5, 0.6) is 0 Å². The van der Waals surface area contributed by atoms with Gasteiger partial charge in [-0.2, -0.15) is 0 Å². The first-order chi connectivity index (χ1) is 23.1. The summed E-state index contributed by atoms with van der Waals surface area (Å²) in [6, 6.07) is 13.5. The van der Waals surface area contributed by atoms with Crippen LogP contribution in [-0.4, -0.2) is 71.2 Å². The molecule has 0 unspecified atom stereocenters. The largest absolute Gasteiger partial charge is 0.481 e. The molecule has 1 aliphatic heterocycles. The van der Waals surface area contributed by atoms with Gasteiger partial charge in [-0.3, -0.25) is 14.4 Å². The van der Waals surface area contributed by atoms with E-state index in [2.05, 4.69) is 15.5 Å². The topological polar surface area (TPSA) is 165 Å². The molecule has 2 saturated carbocycles. The van der Waals surface area contributed by atoms with Crippen molar-refractivity contribution in [1.29, 1.82) is 0 Å². The Morgan fingerprint density at radius 3 is 2.10 bits per heavy atom. The molecule has 5 rings (SSSR count). The maximum Gasteiger partial charge on any atom is 0.319 e. The summed E-state index contributed by atoms with van der Waals surface area (Å²) in [5.74, 6) is -1.40. The standard InChI is InChI=1S/C32H42N4O5.C6H13NO/c1-31(2,3)27(37)20-36-26-17-10-9-16-25(26)35(23-14-7-6-8-15-23)19-24(28(36)38)34-30(41)33-22-13-11-12-21(18-22)32(4,5)29(39)40;7-5-1-3-6(8)4-2-5/h9-13,16-18,23-24H,6-8,14-15,19-20H2,1-5H3,(H,39,40)(H2,33,34,41);5-6,8H,1-4,7H2/t24-;5-,6-/m1./s1. The molecule has 0 saturated heterocycles. The fourth-order valence-electron chi connectivity index (χ4n) is 6.54. The summed E-state index contributed by atoms with van der Waals surface area (Å²) in [4.78, 5) is 56.0. The number of nitrogens with one attached hydrogen (secondary N) is 2. The summed E-state index contributed by atoms with van der Waals surface area (Å²) in [5.41, 5.74) is 6.33. The van der Waals surface area contributed by atoms with Crippen LogP contribution < -0.4 is 26.2 Å². The molecule has 0 radical (unpaired) electrons. The number of ketones is 1. The number of aliphatic hydroxyl groups excluding tert-OH is 1. The third-order valence-corrected chi connectivity index (χ3v) is 10.0. The molecule has 3 amide bonds. The van der Waals surface area contributed by atoms with Crippen molar-refractivity contribution < 1.29 is 29.4 Å². The van der Waals surface area contributed by atoms with Gasteiger partial charge in [0.1, 0.15) is 6.04 Å². The number of urea groups is 1. The van der Waals surface area contributed by atoms with Crippen molar-refractivity contribution in [3.05, 3.63) is 54.1 Å². The van der Waals surface area contributed by atoms with Crippen molar-refractivity contribution in [3.8, 4) is 0 Å². The third kappa shape index (κ3) is 9.82. The molecule has 2 aliphatic carbocycles. The molecule has 1 atom stereocenters. The second-order valence-electron chi connectivity index (χ2n) is 15.3. The molecule has 2 aromatic rings. The van der Waals surface area contributed by atoms with Crippen LogP contribution in [0.25, 0.3) is 0 Å². The Labute approximate surface area is 290 Å². The lowest BCUT2D eigenvalue weighted by atomic mass is 9.84. The van der Waals surface area contributed by atoms with Crippen LogP contribution in [0.2, 0.25) is 0 Å². The van der Waals surface area contributed by atoms with E-state index in [1.165, 1.54) is 11.3 Å². The van der Waals surface area contributed by atoms with Crippen molar-refractivity contribution in [2.24, 2.45) is 11.1 Å². The number of amides is 3. The second kappa shape index (κ2) is 16.2. The number of anilines is 3. The van der Waals surface area contributed by atoms with Crippen LogP contribution >= 0.6 is 0 Å². The number of nitrogens with two attached hydrogens (primary N) is 1. The molecule has 0 bridgehead atoms. The number of hydrogen-bond acceptors (Lipinski definition) is 7. The highest BCUT2D eigenvalue weighted by molar-refractivity contribution is 6.08. The van der Waals surface area contributed by atoms with E-state index < -0.39 is 28.9 Å². The Morgan fingerprint density at radius 1 is 0.878 bits per heavy atom. The van der Waals surface area contributed by atoms with Gasteiger partial charge in [0.05, 0.1) is 29.4 Å². The monoisotopic (exact) mass is 677 g/mol. The van der Waals surface area contributed by atoms with E-state index in [9.17, 15) is 24.3 Å². The Morgan fingerprint density at radius 2 is 1.51 bits per heavy atom. The number of nitrogens with zero attached hydrogens (tertiary/aromatic N) is 2. The zero-order chi connectivity index (χ0) is 35.9. The van der Waals surface area contributed by atoms with Gasteiger partial charge in [-0.15, -0.1) is 0 Å². The molecule has 268 valence electrons. The summed E-state index contributed by atoms with van der Waals surface area (Å²) in [6.45, 7) is 8.89. The molecule has 49 heavy (non-hydrogen) atoms. The number of carbonyl (C=O) groups excluding carboxylic acids is 3. The van der Waals surface area contributed by atoms with Crippen molar-refractivity contribution in [3.63, 3.8) is 0 Å². The van der Waals surface area contributed by atoms with Gasteiger partial charge in [-0.1, -0.05) is 64.3 Å². The highest BCUT2D eigenvalue weighted by atomic mass is 16.4. The lowest BCUT2D eigenvalue weighted by Gasteiger charge is -2.37. The Kier molecular flexibility index (Phi) is 12.5. The minimum Gasteiger partial charge on any atom is -0.481 e. The number of aliphatic carboxylic acids is 1. The molecule has 11 heteroatoms. The van der Waals surface area contributed by atoms with Gasteiger partial charge in [0.25, 0.3) is 5.91 Å². The zero-order valence-corrected chi connectivity index (χ0v) is 29.7. The number of carbonyl (C=O) groups is 4. The molecule has 0 spiro atoms. The second-order valence-corrected chi connectivity index (χ2v) is 15.3. The van der Waals surface area contributed by atoms with Gasteiger partial charge in [-0.05, 0) is 82.2 Å². The maximum atomic E-state index is 14.1. The molecule has 2 fully saturated rings. The number of benzene rings is 2. The van der Waals surface area contributed by atoms with Crippen LogP contribution in [0.15, 0.2) is 48.5 Å². The lowest BCUT2D eigenvalue weighted by Crippen LogP contribution is -2.55. The molecule has 6 N–H and O–H groups in total. The molecular weight excluding hydrogens is 622 g/mol. The number of aliphatic hydroxyl groups is 1. The number of fused-ring (bicyclic) bond motifs is 1. The average molecular weight is 678 g/mol. The summed E-state index contributed by atoms with van der Waals surface area (Å²) < 4.78 is 0. The van der Waals surface area contributed by atoms with E-state index >= 15 is 0 Å². The van der Waals surface area contributed by atoms with Gasteiger partial charge in [0.2, 0.25) is 0 Å². The van der Waals surface area contributed by atoms with Gasteiger partial charge in [-0.25, -0.2) is 4.79 Å². The van der Waals surface area contributed by atoms with Crippen molar-refractivity contribution >= 4 is 40.8 Å². The Bertz CT molecular complexity index is 1460. The first-order valence-corrected chi connectivity index (χ1v) is 17.6. The van der Waals surface area contributed by atoms with Gasteiger partial charge >= 0.3 is 12.0 Å². The number of hydrogen-bond donors (Lipinski definition) is 5. The van der Waals surface area contributed by atoms with Crippen LogP contribution in [-0.2, 0) is 19.8 Å². The average Bonchev–Trinajstić information content (AvgIpc) is 3.17. The van der Waals surface area contributed by atoms with Gasteiger partial charge in [0, 0.05) is 29.7 Å². The van der Waals surface area contributed by atoms with E-state index in [1.807, 2.05) is 45.0 Å². The number of para-hydroxylation sites is 2. The number of carboxylic acids is 1. The minimum atomic E-state index is -1.14. The molecular formula is C38H55N5O6. The molecule has 2 aromatic carbocycles. The summed E-state index contributed by atoms with van der Waals surface area (Å²) >= 11 is 0. The molecule has 3 aliphatic rings. The van der Waals surface area contributed by atoms with E-state index in [-0.39, 0.29) is 36.9 Å². The van der Waals surface area contributed by atoms with Crippen molar-refractivity contribution in [1.82, 2.24) is 5.32 Å². The van der Waals surface area contributed by atoms with Gasteiger partial charge in [0.15, 0.2) is 5.78 Å². The maximum absolute atomic E-state index is 14.1. The highest BCUT2D eigenvalue weighted by Gasteiger charge is 2.39. The lowest BCUT2D eigenvalue weighted by molar-refractivity contribution is -0.142. The van der Waals surface area contributed by atoms with Crippen LogP contribution in [0, 0.1) is 5.41 Å². The summed E-state index contributed by atoms with van der Waals surface area (Å²) in [6.07, 6.45) is 9.12. The normalized spacial score (nSPS) is 21.9. The summed E-state index contributed by atoms with van der Waals surface area (Å²) in [5, 5.41) is 24.2. The SMILES string of the molecule is CC(C)(C)C(=O)CN1C(=O)[C@H](NC(=O)Nc2cccc(C(C)(C)C(=O)O)c2)CN(C2CCCCC2)c2ccccc21.N[C@H]1CC[C@H](O)CC1.